The van der Waals surface area contributed by atoms with Gasteiger partial charge in [0.1, 0.15) is 48.0 Å². The third-order valence-electron chi connectivity index (χ3n) is 12.3. The molecule has 0 radical (unpaired) electrons. The lowest BCUT2D eigenvalue weighted by atomic mass is 9.96. The lowest BCUT2D eigenvalue weighted by Gasteiger charge is -2.33. The first-order valence-corrected chi connectivity index (χ1v) is 26.4. The molecule has 0 aromatic heterocycles. The van der Waals surface area contributed by atoms with Gasteiger partial charge in [-0.1, -0.05) is 54.0 Å². The van der Waals surface area contributed by atoms with Gasteiger partial charge >= 0.3 is 5.97 Å². The molecule has 0 unspecified atom stereocenters. The van der Waals surface area contributed by atoms with Crippen molar-refractivity contribution in [1.82, 2.24) is 47.4 Å². The van der Waals surface area contributed by atoms with Crippen molar-refractivity contribution >= 4 is 93.0 Å². The van der Waals surface area contributed by atoms with Crippen molar-refractivity contribution in [2.24, 2.45) is 23.1 Å². The Labute approximate surface area is 435 Å². The summed E-state index contributed by atoms with van der Waals surface area (Å²) in [4.78, 5) is 160. The number of unbranched alkanes of at least 4 members (excludes halogenated alkanes) is 1. The second kappa shape index (κ2) is 29.9. The Morgan fingerprint density at radius 3 is 2.14 bits per heavy atom. The van der Waals surface area contributed by atoms with Gasteiger partial charge in [0.15, 0.2) is 0 Å². The summed E-state index contributed by atoms with van der Waals surface area (Å²) in [6.07, 6.45) is -0.132. The first-order chi connectivity index (χ1) is 34.9. The van der Waals surface area contributed by atoms with Crippen LogP contribution in [0.4, 0.5) is 0 Å². The molecule has 2 fully saturated rings. The Bertz CT molecular complexity index is 2210. The number of primary amides is 2. The van der Waals surface area contributed by atoms with Crippen LogP contribution in [0, 0.1) is 5.92 Å². The van der Waals surface area contributed by atoms with Crippen LogP contribution in [-0.2, 0) is 64.0 Å². The first-order valence-electron chi connectivity index (χ1n) is 24.1. The van der Waals surface area contributed by atoms with Gasteiger partial charge in [0, 0.05) is 36.4 Å². The van der Waals surface area contributed by atoms with Crippen LogP contribution >= 0.6 is 21.6 Å². The fourth-order valence-corrected chi connectivity index (χ4v) is 10.6. The number of carboxylic acid groups (broad SMARTS) is 1. The topological polar surface area (TPSA) is 423 Å². The van der Waals surface area contributed by atoms with Gasteiger partial charge in [0.25, 0.3) is 0 Å². The molecule has 0 spiro atoms. The number of carboxylic acids is 1. The number of nitrogens with one attached hydrogen (secondary N) is 8. The summed E-state index contributed by atoms with van der Waals surface area (Å²) < 4.78 is -1.19. The summed E-state index contributed by atoms with van der Waals surface area (Å²) >= 11 is 0. The number of phenolic OH excluding ortho intramolecular Hbond substituents is 1. The number of aromatic hydroxyl groups is 1. The van der Waals surface area contributed by atoms with Crippen molar-refractivity contribution in [2.45, 2.75) is 145 Å². The standard InChI is InChI=1S/C46H70N12O14S2/c1-5-24(2)36-43(70)53-28(15-16-35(63)64)39(66)54-30(20-33(47)61)40(67)56-31(22-73-74-46(3,4)37(49)44(71)55-29(41(68)57-36)19-25-11-13-26(60)14-12-25)45(72)58-18-8-10-32(58)42(69)52-27(9-6-7-17-50-23-59)38(65)51-21-34(48)62/h11-14,23-24,27-32,36-37,60H,5-10,15-22,49H2,1-4H3,(H2,47,61)(H2,48,62)(H,50,59)(H,51,65)(H,52,69)(H,53,70)(H,54,66)(H,55,71)(H,56,67)(H,57,68)(H,63,64)/t24-,27+,28-,29-,30+,31+,32-,36+,37+/m1/s1. The monoisotopic (exact) mass is 1080 g/mol. The largest absolute Gasteiger partial charge is 0.508 e. The number of hydrogen-bond donors (Lipinski definition) is 13. The van der Waals surface area contributed by atoms with Crippen molar-refractivity contribution in [1.29, 1.82) is 0 Å². The summed E-state index contributed by atoms with van der Waals surface area (Å²) in [7, 11) is 2.02. The molecule has 74 heavy (non-hydrogen) atoms. The Kier molecular flexibility index (Phi) is 24.9. The highest BCUT2D eigenvalue weighted by Gasteiger charge is 2.42. The van der Waals surface area contributed by atoms with Gasteiger partial charge in [-0.2, -0.15) is 0 Å². The molecular formula is C46H70N12O14S2. The van der Waals surface area contributed by atoms with Crippen molar-refractivity contribution in [2.75, 3.05) is 25.4 Å². The fourth-order valence-electron chi connectivity index (χ4n) is 7.82. The lowest BCUT2D eigenvalue weighted by molar-refractivity contribution is -0.142. The number of carbonyl (C=O) groups is 12. The quantitative estimate of drug-likeness (QED) is 0.0325. The molecule has 2 aliphatic rings. The summed E-state index contributed by atoms with van der Waals surface area (Å²) in [6, 6.07) is -5.75. The molecule has 1 aromatic carbocycles. The predicted molar refractivity (Wildman–Crippen MR) is 270 cm³/mol. The number of likely N-dealkylation sites (tertiary alicyclic amines) is 1. The number of rotatable bonds is 21. The minimum absolute atomic E-state index is 0.00349. The van der Waals surface area contributed by atoms with Crippen LogP contribution in [0.1, 0.15) is 91.0 Å². The van der Waals surface area contributed by atoms with Gasteiger partial charge in [-0.3, -0.25) is 57.5 Å². The molecular weight excluding hydrogens is 1010 g/mol. The summed E-state index contributed by atoms with van der Waals surface area (Å²) in [5.41, 5.74) is 17.8. The van der Waals surface area contributed by atoms with E-state index in [4.69, 9.17) is 17.2 Å². The molecule has 0 aliphatic carbocycles. The molecule has 1 aromatic rings. The van der Waals surface area contributed by atoms with Gasteiger partial charge in [-0.05, 0) is 76.0 Å². The Hall–Kier alpha value is -6.68. The second-order valence-corrected chi connectivity index (χ2v) is 21.5. The maximum absolute atomic E-state index is 14.7. The predicted octanol–water partition coefficient (Wildman–Crippen LogP) is -3.36. The second-order valence-electron chi connectivity index (χ2n) is 18.5. The van der Waals surface area contributed by atoms with E-state index in [2.05, 4.69) is 42.5 Å². The summed E-state index contributed by atoms with van der Waals surface area (Å²) in [5.74, 6) is -11.4. The van der Waals surface area contributed by atoms with Crippen molar-refractivity contribution in [3.8, 4) is 5.75 Å². The minimum Gasteiger partial charge on any atom is -0.508 e. The van der Waals surface area contributed by atoms with Crippen molar-refractivity contribution in [3.05, 3.63) is 29.8 Å². The zero-order valence-electron chi connectivity index (χ0n) is 41.8. The molecule has 16 N–H and O–H groups in total. The van der Waals surface area contributed by atoms with Gasteiger partial charge < -0.3 is 74.8 Å². The Morgan fingerprint density at radius 2 is 1.51 bits per heavy atom. The summed E-state index contributed by atoms with van der Waals surface area (Å²) in [5, 5.41) is 39.7. The highest BCUT2D eigenvalue weighted by atomic mass is 33.1. The molecule has 3 rings (SSSR count). The lowest BCUT2D eigenvalue weighted by Crippen LogP contribution is -2.62. The smallest absolute Gasteiger partial charge is 0.303 e. The van der Waals surface area contributed by atoms with Crippen LogP contribution in [0.5, 0.6) is 5.75 Å². The van der Waals surface area contributed by atoms with Crippen LogP contribution in [0.3, 0.4) is 0 Å². The van der Waals surface area contributed by atoms with E-state index < -0.39 is 150 Å². The van der Waals surface area contributed by atoms with E-state index in [9.17, 15) is 67.7 Å². The molecule has 11 amide bonds. The number of aliphatic carboxylic acids is 1. The fraction of sp³-hybridized carbons (Fsp3) is 0.609. The van der Waals surface area contributed by atoms with E-state index in [1.54, 1.807) is 27.7 Å². The van der Waals surface area contributed by atoms with Crippen LogP contribution < -0.4 is 59.7 Å². The van der Waals surface area contributed by atoms with Crippen molar-refractivity contribution < 1.29 is 67.7 Å². The van der Waals surface area contributed by atoms with Gasteiger partial charge in [-0.25, -0.2) is 0 Å². The SMILES string of the molecule is CC[C@@H](C)[C@@H]1NC(=O)[C@@H](Cc2ccc(O)cc2)NC(=O)[C@H](N)C(C)(C)SSC[C@@H](C(=O)N2CCC[C@@H]2C(=O)N[C@@H](CCCCNC=O)C(=O)NCC(N)=O)NC(=O)[C@H](CC(N)=O)NC(=O)[C@@H](CCC(=O)O)NC1=O. The molecule has 9 atom stereocenters. The normalized spacial score (nSPS) is 24.0. The number of carbonyl (C=O) groups excluding carboxylic acids is 11. The molecule has 26 nitrogen and oxygen atoms in total. The van der Waals surface area contributed by atoms with E-state index >= 15 is 0 Å². The van der Waals surface area contributed by atoms with E-state index in [0.29, 0.717) is 37.7 Å². The zero-order chi connectivity index (χ0) is 55.3. The molecule has 0 bridgehead atoms. The zero-order valence-corrected chi connectivity index (χ0v) is 43.4. The molecule has 410 valence electrons. The number of amides is 11. The van der Waals surface area contributed by atoms with Gasteiger partial charge in [0.2, 0.25) is 65.5 Å². The number of hydrogen-bond acceptors (Lipinski definition) is 16. The van der Waals surface area contributed by atoms with Crippen LogP contribution in [0.25, 0.3) is 0 Å². The van der Waals surface area contributed by atoms with Gasteiger partial charge in [0.05, 0.1) is 19.0 Å². The maximum atomic E-state index is 14.7. The number of nitrogens with two attached hydrogens (primary N) is 3. The van der Waals surface area contributed by atoms with E-state index in [1.165, 1.54) is 29.2 Å². The molecule has 2 heterocycles. The van der Waals surface area contributed by atoms with E-state index in [0.717, 1.165) is 21.6 Å². The number of benzene rings is 1. The van der Waals surface area contributed by atoms with Crippen LogP contribution in [0.2, 0.25) is 0 Å². The Morgan fingerprint density at radius 1 is 0.878 bits per heavy atom. The number of phenols is 1. The molecule has 2 saturated heterocycles. The average Bonchev–Trinajstić information content (AvgIpc) is 3.84. The van der Waals surface area contributed by atoms with Crippen LogP contribution in [0.15, 0.2) is 24.3 Å². The van der Waals surface area contributed by atoms with E-state index in [1.807, 2.05) is 0 Å². The highest BCUT2D eigenvalue weighted by Crippen LogP contribution is 2.38. The highest BCUT2D eigenvalue weighted by molar-refractivity contribution is 8.77. The minimum atomic E-state index is -1.82. The maximum Gasteiger partial charge on any atom is 0.303 e. The van der Waals surface area contributed by atoms with Crippen LogP contribution in [-0.4, -0.2) is 165 Å². The van der Waals surface area contributed by atoms with E-state index in [-0.39, 0.29) is 43.9 Å². The van der Waals surface area contributed by atoms with Crippen molar-refractivity contribution in [3.63, 3.8) is 0 Å². The first kappa shape index (κ1) is 61.6. The average molecular weight is 1080 g/mol. The third kappa shape index (κ3) is 19.6. The molecule has 2 aliphatic heterocycles. The Balaban J connectivity index is 2.10. The van der Waals surface area contributed by atoms with Gasteiger partial charge in [-0.15, -0.1) is 0 Å². The molecule has 28 heteroatoms. The summed E-state index contributed by atoms with van der Waals surface area (Å²) in [6.45, 7) is 6.33. The number of nitrogens with zero attached hydrogens (tertiary/aromatic N) is 1. The third-order valence-corrected chi connectivity index (χ3v) is 15.7. The molecule has 0 saturated carbocycles.